The highest BCUT2D eigenvalue weighted by molar-refractivity contribution is 7.07. The summed E-state index contributed by atoms with van der Waals surface area (Å²) in [4.78, 5) is 28.2. The van der Waals surface area contributed by atoms with Crippen LogP contribution < -0.4 is 9.61 Å². The molecule has 1 amide bonds. The number of nitrogens with zero attached hydrogens (tertiary/aromatic N) is 1. The van der Waals surface area contributed by atoms with E-state index in [1.54, 1.807) is 12.5 Å². The molecule has 6 heteroatoms. The Kier molecular flexibility index (Phi) is 3.78. The Hall–Kier alpha value is -2.08. The molecule has 0 fully saturated rings. The number of ether oxygens (including phenoxy) is 1. The molecule has 1 aliphatic heterocycles. The predicted molar refractivity (Wildman–Crippen MR) is 85.7 cm³/mol. The lowest BCUT2D eigenvalue weighted by Crippen LogP contribution is -2.45. The van der Waals surface area contributed by atoms with E-state index in [-0.39, 0.29) is 22.9 Å². The Morgan fingerprint density at radius 3 is 2.82 bits per heavy atom. The Morgan fingerprint density at radius 1 is 1.41 bits per heavy atom. The van der Waals surface area contributed by atoms with E-state index in [1.807, 2.05) is 36.9 Å². The summed E-state index contributed by atoms with van der Waals surface area (Å²) in [5.41, 5.74) is 2.71. The van der Waals surface area contributed by atoms with Gasteiger partial charge in [0.2, 0.25) is 0 Å². The first kappa shape index (κ1) is 14.8. The predicted octanol–water partition coefficient (Wildman–Crippen LogP) is 2.59. The van der Waals surface area contributed by atoms with Crippen LogP contribution in [0.15, 0.2) is 28.4 Å². The Bertz CT molecular complexity index is 765. The van der Waals surface area contributed by atoms with Crippen molar-refractivity contribution in [3.05, 3.63) is 50.1 Å². The average molecular weight is 318 g/mol. The van der Waals surface area contributed by atoms with Crippen molar-refractivity contribution in [2.75, 3.05) is 7.11 Å². The number of carbonyl (C=O) groups is 1. The summed E-state index contributed by atoms with van der Waals surface area (Å²) in [5, 5.41) is 1.59. The monoisotopic (exact) mass is 318 g/mol. The Labute approximate surface area is 132 Å². The van der Waals surface area contributed by atoms with Crippen molar-refractivity contribution >= 4 is 17.2 Å². The topological polar surface area (TPSA) is 62.4 Å². The molecule has 22 heavy (non-hydrogen) atoms. The summed E-state index contributed by atoms with van der Waals surface area (Å²) in [5.74, 6) is 0.708. The van der Waals surface area contributed by atoms with Crippen LogP contribution in [0.25, 0.3) is 0 Å². The van der Waals surface area contributed by atoms with Crippen molar-refractivity contribution < 1.29 is 9.53 Å². The number of hydrogen-bond acceptors (Lipinski definition) is 4. The van der Waals surface area contributed by atoms with E-state index >= 15 is 0 Å². The normalized spacial score (nSPS) is 20.6. The number of rotatable bonds is 2. The van der Waals surface area contributed by atoms with Crippen LogP contribution in [0.1, 0.15) is 41.5 Å². The van der Waals surface area contributed by atoms with Crippen molar-refractivity contribution in [1.82, 2.24) is 9.88 Å². The van der Waals surface area contributed by atoms with E-state index in [0.29, 0.717) is 5.69 Å². The zero-order valence-corrected chi connectivity index (χ0v) is 13.6. The van der Waals surface area contributed by atoms with Gasteiger partial charge in [0.15, 0.2) is 0 Å². The fourth-order valence-electron chi connectivity index (χ4n) is 3.14. The van der Waals surface area contributed by atoms with Crippen LogP contribution in [-0.2, 0) is 6.42 Å². The summed E-state index contributed by atoms with van der Waals surface area (Å²) in [7, 11) is 1.65. The quantitative estimate of drug-likeness (QED) is 0.926. The maximum absolute atomic E-state index is 12.7. The van der Waals surface area contributed by atoms with Crippen molar-refractivity contribution in [2.45, 2.75) is 32.4 Å². The molecule has 1 N–H and O–H groups in total. The summed E-state index contributed by atoms with van der Waals surface area (Å²) in [6, 6.07) is 5.99. The Balaban J connectivity index is 1.96. The summed E-state index contributed by atoms with van der Waals surface area (Å²) in [6.45, 7) is 4.05. The van der Waals surface area contributed by atoms with Gasteiger partial charge in [-0.25, -0.2) is 0 Å². The van der Waals surface area contributed by atoms with Crippen molar-refractivity contribution in [3.8, 4) is 5.75 Å². The first-order chi connectivity index (χ1) is 10.5. The highest BCUT2D eigenvalue weighted by Gasteiger charge is 2.33. The lowest BCUT2D eigenvalue weighted by Gasteiger charge is -2.40. The standard InChI is InChI=1S/C16H18N2O3S/c1-9-6-11-7-12(21-3)4-5-13(11)10(2)18(9)15(19)14-8-22-16(20)17-14/h4-5,7-10H,6H2,1-3H3,(H,17,20). The van der Waals surface area contributed by atoms with Crippen molar-refractivity contribution in [3.63, 3.8) is 0 Å². The molecule has 1 aliphatic rings. The van der Waals surface area contributed by atoms with E-state index < -0.39 is 0 Å². The number of fused-ring (bicyclic) bond motifs is 1. The minimum Gasteiger partial charge on any atom is -0.497 e. The molecule has 0 spiro atoms. The minimum atomic E-state index is -0.203. The molecule has 2 heterocycles. The van der Waals surface area contributed by atoms with Crippen LogP contribution in [0, 0.1) is 0 Å². The van der Waals surface area contributed by atoms with E-state index in [2.05, 4.69) is 4.98 Å². The van der Waals surface area contributed by atoms with E-state index in [0.717, 1.165) is 29.1 Å². The zero-order valence-electron chi connectivity index (χ0n) is 12.8. The van der Waals surface area contributed by atoms with Gasteiger partial charge in [0.25, 0.3) is 5.91 Å². The van der Waals surface area contributed by atoms with E-state index in [4.69, 9.17) is 4.74 Å². The molecular weight excluding hydrogens is 300 g/mol. The average Bonchev–Trinajstić information content (AvgIpc) is 2.93. The molecule has 2 aromatic rings. The highest BCUT2D eigenvalue weighted by Crippen LogP contribution is 2.35. The van der Waals surface area contributed by atoms with Crippen molar-refractivity contribution in [2.24, 2.45) is 0 Å². The minimum absolute atomic E-state index is 0.0411. The maximum Gasteiger partial charge on any atom is 0.305 e. The summed E-state index contributed by atoms with van der Waals surface area (Å²) < 4.78 is 5.28. The molecule has 0 radical (unpaired) electrons. The van der Waals surface area contributed by atoms with E-state index in [9.17, 15) is 9.59 Å². The SMILES string of the molecule is COc1ccc2c(c1)CC(C)N(C(=O)c1csc(=O)[nH]1)C2C. The lowest BCUT2D eigenvalue weighted by molar-refractivity contribution is 0.0575. The van der Waals surface area contributed by atoms with Gasteiger partial charge in [0, 0.05) is 11.4 Å². The van der Waals surface area contributed by atoms with Crippen LogP contribution in [0.2, 0.25) is 0 Å². The molecule has 0 saturated heterocycles. The number of nitrogens with one attached hydrogen (secondary N) is 1. The first-order valence-corrected chi connectivity index (χ1v) is 8.06. The number of methoxy groups -OCH3 is 1. The van der Waals surface area contributed by atoms with Crippen LogP contribution in [0.5, 0.6) is 5.75 Å². The van der Waals surface area contributed by atoms with Crippen LogP contribution in [0.3, 0.4) is 0 Å². The van der Waals surface area contributed by atoms with Gasteiger partial charge in [-0.2, -0.15) is 0 Å². The van der Waals surface area contributed by atoms with Crippen LogP contribution in [-0.4, -0.2) is 28.9 Å². The largest absolute Gasteiger partial charge is 0.497 e. The van der Waals surface area contributed by atoms with Crippen molar-refractivity contribution in [1.29, 1.82) is 0 Å². The lowest BCUT2D eigenvalue weighted by atomic mass is 9.89. The molecule has 116 valence electrons. The van der Waals surface area contributed by atoms with Gasteiger partial charge in [-0.3, -0.25) is 9.59 Å². The molecule has 0 aliphatic carbocycles. The number of aromatic amines is 1. The Morgan fingerprint density at radius 2 is 2.18 bits per heavy atom. The van der Waals surface area contributed by atoms with Crippen LogP contribution in [0.4, 0.5) is 0 Å². The zero-order chi connectivity index (χ0) is 15.9. The number of benzene rings is 1. The molecular formula is C16H18N2O3S. The van der Waals surface area contributed by atoms with Gasteiger partial charge in [0.1, 0.15) is 11.4 Å². The second kappa shape index (κ2) is 5.61. The summed E-state index contributed by atoms with van der Waals surface area (Å²) >= 11 is 1.01. The number of amides is 1. The van der Waals surface area contributed by atoms with E-state index in [1.165, 1.54) is 5.56 Å². The van der Waals surface area contributed by atoms with Gasteiger partial charge in [0.05, 0.1) is 13.2 Å². The first-order valence-electron chi connectivity index (χ1n) is 7.18. The number of aromatic nitrogens is 1. The van der Waals surface area contributed by atoms with Crippen LogP contribution >= 0.6 is 11.3 Å². The van der Waals surface area contributed by atoms with Gasteiger partial charge >= 0.3 is 4.87 Å². The molecule has 3 rings (SSSR count). The second-order valence-electron chi connectivity index (χ2n) is 5.57. The second-order valence-corrected chi connectivity index (χ2v) is 6.41. The fraction of sp³-hybridized carbons (Fsp3) is 0.375. The fourth-order valence-corrected chi connectivity index (χ4v) is 3.70. The third-order valence-electron chi connectivity index (χ3n) is 4.19. The highest BCUT2D eigenvalue weighted by atomic mass is 32.1. The maximum atomic E-state index is 12.7. The molecule has 0 saturated carbocycles. The van der Waals surface area contributed by atoms with Gasteiger partial charge in [-0.15, -0.1) is 0 Å². The third-order valence-corrected chi connectivity index (χ3v) is 4.86. The third kappa shape index (κ3) is 2.43. The van der Waals surface area contributed by atoms with Gasteiger partial charge in [-0.1, -0.05) is 17.4 Å². The number of thiazole rings is 1. The molecule has 0 bridgehead atoms. The smallest absolute Gasteiger partial charge is 0.305 e. The van der Waals surface area contributed by atoms with Gasteiger partial charge in [-0.05, 0) is 43.5 Å². The number of carbonyl (C=O) groups excluding carboxylic acids is 1. The molecule has 5 nitrogen and oxygen atoms in total. The molecule has 1 aromatic heterocycles. The molecule has 2 unspecified atom stereocenters. The number of H-pyrrole nitrogens is 1. The molecule has 1 aromatic carbocycles. The number of hydrogen-bond donors (Lipinski definition) is 1. The van der Waals surface area contributed by atoms with Gasteiger partial charge < -0.3 is 14.6 Å². The summed E-state index contributed by atoms with van der Waals surface area (Å²) in [6.07, 6.45) is 0.775. The molecule has 2 atom stereocenters.